The Balaban J connectivity index is 1.87. The maximum absolute atomic E-state index is 13.0. The van der Waals surface area contributed by atoms with E-state index in [-0.39, 0.29) is 16.5 Å². The van der Waals surface area contributed by atoms with Crippen LogP contribution in [0.5, 0.6) is 11.6 Å². The van der Waals surface area contributed by atoms with E-state index >= 15 is 0 Å². The van der Waals surface area contributed by atoms with Crippen molar-refractivity contribution in [1.82, 2.24) is 14.7 Å². The molecule has 0 unspecified atom stereocenters. The van der Waals surface area contributed by atoms with Crippen LogP contribution < -0.4 is 20.5 Å². The van der Waals surface area contributed by atoms with E-state index < -0.39 is 15.9 Å². The number of sulfonamides is 1. The van der Waals surface area contributed by atoms with Gasteiger partial charge in [-0.15, -0.1) is 0 Å². The zero-order valence-corrected chi connectivity index (χ0v) is 20.5. The molecule has 0 aliphatic heterocycles. The molecule has 3 aromatic rings. The molecule has 0 fully saturated rings. The predicted octanol–water partition coefficient (Wildman–Crippen LogP) is 3.38. The summed E-state index contributed by atoms with van der Waals surface area (Å²) in [5.41, 5.74) is 8.92. The third-order valence-electron chi connectivity index (χ3n) is 4.96. The lowest BCUT2D eigenvalue weighted by Gasteiger charge is -2.15. The molecule has 10 heteroatoms. The van der Waals surface area contributed by atoms with Gasteiger partial charge in [0.2, 0.25) is 5.88 Å². The van der Waals surface area contributed by atoms with Crippen molar-refractivity contribution in [1.29, 1.82) is 0 Å². The van der Waals surface area contributed by atoms with Crippen molar-refractivity contribution in [3.63, 3.8) is 0 Å². The van der Waals surface area contributed by atoms with Gasteiger partial charge < -0.3 is 15.8 Å². The lowest BCUT2D eigenvalue weighted by Crippen LogP contribution is -2.31. The molecular formula is C24H29N5O4S. The number of carbonyl (C=O) groups excluding carboxylic acids is 1. The Morgan fingerprint density at radius 3 is 2.41 bits per heavy atom. The third-order valence-corrected chi connectivity index (χ3v) is 6.19. The van der Waals surface area contributed by atoms with Gasteiger partial charge in [0.05, 0.1) is 0 Å². The van der Waals surface area contributed by atoms with Crippen molar-refractivity contribution in [3.05, 3.63) is 70.4 Å². The first-order chi connectivity index (χ1) is 16.1. The molecule has 180 valence electrons. The second kappa shape index (κ2) is 10.6. The van der Waals surface area contributed by atoms with Crippen molar-refractivity contribution in [2.45, 2.75) is 39.1 Å². The number of anilines is 1. The maximum Gasteiger partial charge on any atom is 0.281 e. The van der Waals surface area contributed by atoms with Gasteiger partial charge >= 0.3 is 0 Å². The molecule has 0 spiro atoms. The molecule has 0 bridgehead atoms. The topological polar surface area (TPSA) is 136 Å². The normalized spacial score (nSPS) is 11.2. The second-order valence-electron chi connectivity index (χ2n) is 8.00. The molecule has 9 nitrogen and oxygen atoms in total. The summed E-state index contributed by atoms with van der Waals surface area (Å²) in [7, 11) is -4.24. The van der Waals surface area contributed by atoms with Crippen LogP contribution >= 0.6 is 0 Å². The molecule has 0 aliphatic carbocycles. The molecule has 0 saturated carbocycles. The summed E-state index contributed by atoms with van der Waals surface area (Å²) in [5.74, 6) is 0.0924. The number of benzene rings is 1. The number of pyridine rings is 2. The van der Waals surface area contributed by atoms with E-state index in [9.17, 15) is 13.2 Å². The van der Waals surface area contributed by atoms with E-state index in [0.717, 1.165) is 16.7 Å². The van der Waals surface area contributed by atoms with Gasteiger partial charge in [-0.1, -0.05) is 23.8 Å². The summed E-state index contributed by atoms with van der Waals surface area (Å²) in [6.07, 6.45) is 0.707. The third kappa shape index (κ3) is 6.09. The van der Waals surface area contributed by atoms with Crippen LogP contribution in [-0.2, 0) is 10.0 Å². The summed E-state index contributed by atoms with van der Waals surface area (Å²) in [6.45, 7) is 8.58. The van der Waals surface area contributed by atoms with Crippen molar-refractivity contribution < 1.29 is 17.9 Å². The number of nitrogens with one attached hydrogen (secondary N) is 2. The van der Waals surface area contributed by atoms with E-state index in [2.05, 4.69) is 20.0 Å². The summed E-state index contributed by atoms with van der Waals surface area (Å²) < 4.78 is 33.8. The van der Waals surface area contributed by atoms with Gasteiger partial charge in [-0.05, 0) is 76.1 Å². The molecule has 2 aromatic heterocycles. The Morgan fingerprint density at radius 2 is 1.74 bits per heavy atom. The number of aryl methyl sites for hydroxylation is 4. The van der Waals surface area contributed by atoms with Gasteiger partial charge in [-0.2, -0.15) is 8.42 Å². The highest BCUT2D eigenvalue weighted by molar-refractivity contribution is 7.90. The quantitative estimate of drug-likeness (QED) is 0.394. The van der Waals surface area contributed by atoms with Crippen LogP contribution in [0.15, 0.2) is 47.5 Å². The van der Waals surface area contributed by atoms with Crippen molar-refractivity contribution in [2.24, 2.45) is 5.73 Å². The standard InChI is InChI=1S/C24H29N5O4S/c1-15-13-16(2)22(17(3)14-15)33-24-19(10-9-18(4)27-24)23(30)29-34(31,32)21-8-5-7-20(28-21)26-12-6-11-25/h5,7-10,13-14H,6,11-12,25H2,1-4H3,(H,26,28)(H,29,30). The monoisotopic (exact) mass is 483 g/mol. The van der Waals surface area contributed by atoms with E-state index in [1.165, 1.54) is 12.1 Å². The first kappa shape index (κ1) is 25.1. The van der Waals surface area contributed by atoms with Crippen molar-refractivity contribution in [2.75, 3.05) is 18.4 Å². The fourth-order valence-corrected chi connectivity index (χ4v) is 4.35. The smallest absolute Gasteiger partial charge is 0.281 e. The molecule has 3 rings (SSSR count). The van der Waals surface area contributed by atoms with Crippen LogP contribution in [0.25, 0.3) is 0 Å². The largest absolute Gasteiger partial charge is 0.438 e. The highest BCUT2D eigenvalue weighted by Gasteiger charge is 2.24. The Bertz CT molecular complexity index is 1290. The fourth-order valence-electron chi connectivity index (χ4n) is 3.42. The Morgan fingerprint density at radius 1 is 1.03 bits per heavy atom. The first-order valence-corrected chi connectivity index (χ1v) is 12.3. The van der Waals surface area contributed by atoms with Gasteiger partial charge in [0.15, 0.2) is 5.03 Å². The predicted molar refractivity (Wildman–Crippen MR) is 131 cm³/mol. The van der Waals surface area contributed by atoms with Gasteiger partial charge in [-0.3, -0.25) is 4.79 Å². The second-order valence-corrected chi connectivity index (χ2v) is 9.63. The average Bonchev–Trinajstić information content (AvgIpc) is 2.76. The molecule has 4 N–H and O–H groups in total. The zero-order valence-electron chi connectivity index (χ0n) is 19.7. The number of ether oxygens (including phenoxy) is 1. The first-order valence-electron chi connectivity index (χ1n) is 10.8. The molecule has 1 amide bonds. The summed E-state index contributed by atoms with van der Waals surface area (Å²) in [4.78, 5) is 21.4. The van der Waals surface area contributed by atoms with Crippen LogP contribution in [0.1, 0.15) is 39.2 Å². The highest BCUT2D eigenvalue weighted by Crippen LogP contribution is 2.31. The van der Waals surface area contributed by atoms with Crippen molar-refractivity contribution >= 4 is 21.7 Å². The molecular weight excluding hydrogens is 454 g/mol. The molecule has 0 atom stereocenters. The molecule has 0 saturated heterocycles. The van der Waals surface area contributed by atoms with Crippen LogP contribution in [0.2, 0.25) is 0 Å². The number of hydrogen-bond donors (Lipinski definition) is 3. The maximum atomic E-state index is 13.0. The van der Waals surface area contributed by atoms with E-state index in [1.807, 2.05) is 32.9 Å². The van der Waals surface area contributed by atoms with Crippen LogP contribution in [0.4, 0.5) is 5.82 Å². The SMILES string of the molecule is Cc1cc(C)c(Oc2nc(C)ccc2C(=O)NS(=O)(=O)c2cccc(NCCCN)n2)c(C)c1. The van der Waals surface area contributed by atoms with Gasteiger partial charge in [-0.25, -0.2) is 14.7 Å². The minimum atomic E-state index is -4.24. The van der Waals surface area contributed by atoms with Crippen molar-refractivity contribution in [3.8, 4) is 11.6 Å². The van der Waals surface area contributed by atoms with Crippen LogP contribution in [-0.4, -0.2) is 37.4 Å². The Hall–Kier alpha value is -3.50. The number of aromatic nitrogens is 2. The Kier molecular flexibility index (Phi) is 7.85. The molecule has 0 radical (unpaired) electrons. The van der Waals surface area contributed by atoms with E-state index in [0.29, 0.717) is 36.8 Å². The lowest BCUT2D eigenvalue weighted by atomic mass is 10.1. The van der Waals surface area contributed by atoms with Gasteiger partial charge in [0, 0.05) is 12.2 Å². The van der Waals surface area contributed by atoms with Crippen LogP contribution in [0, 0.1) is 27.7 Å². The Labute approximate surface area is 199 Å². The van der Waals surface area contributed by atoms with Gasteiger partial charge in [0.25, 0.3) is 15.9 Å². The summed E-state index contributed by atoms with van der Waals surface area (Å²) in [6, 6.07) is 11.5. The number of nitrogens with two attached hydrogens (primary N) is 1. The molecule has 2 heterocycles. The number of amides is 1. The zero-order chi connectivity index (χ0) is 24.9. The number of rotatable bonds is 9. The highest BCUT2D eigenvalue weighted by atomic mass is 32.2. The summed E-state index contributed by atoms with van der Waals surface area (Å²) >= 11 is 0. The summed E-state index contributed by atoms with van der Waals surface area (Å²) in [5, 5.41) is 2.72. The average molecular weight is 484 g/mol. The number of nitrogens with zero attached hydrogens (tertiary/aromatic N) is 2. The van der Waals surface area contributed by atoms with Gasteiger partial charge in [0.1, 0.15) is 17.1 Å². The minimum absolute atomic E-state index is 0.00854. The molecule has 0 aliphatic rings. The van der Waals surface area contributed by atoms with E-state index in [4.69, 9.17) is 10.5 Å². The fraction of sp³-hybridized carbons (Fsp3) is 0.292. The molecule has 34 heavy (non-hydrogen) atoms. The molecule has 1 aromatic carbocycles. The van der Waals surface area contributed by atoms with Crippen LogP contribution in [0.3, 0.4) is 0 Å². The lowest BCUT2D eigenvalue weighted by molar-refractivity contribution is 0.0978. The number of hydrogen-bond acceptors (Lipinski definition) is 8. The van der Waals surface area contributed by atoms with E-state index in [1.54, 1.807) is 25.1 Å². The number of carbonyl (C=O) groups is 1. The minimum Gasteiger partial charge on any atom is -0.438 e.